The van der Waals surface area contributed by atoms with E-state index >= 15 is 0 Å². The molecule has 3 rings (SSSR count). The minimum Gasteiger partial charge on any atom is -0.327 e. The van der Waals surface area contributed by atoms with Gasteiger partial charge < -0.3 is 10.6 Å². The van der Waals surface area contributed by atoms with Crippen LogP contribution in [0, 0.1) is 23.6 Å². The Kier molecular flexibility index (Phi) is 3.05. The molecule has 102 valence electrons. The molecule has 0 radical (unpaired) electrons. The van der Waals surface area contributed by atoms with Gasteiger partial charge in [-0.3, -0.25) is 4.79 Å². The normalized spacial score (nSPS) is 32.6. The van der Waals surface area contributed by atoms with Crippen molar-refractivity contribution in [2.75, 3.05) is 11.9 Å². The smallest absolute Gasteiger partial charge is 0.231 e. The van der Waals surface area contributed by atoms with E-state index < -0.39 is 0 Å². The summed E-state index contributed by atoms with van der Waals surface area (Å²) in [7, 11) is 1.64. The number of para-hydroxylation sites is 1. The molecular weight excluding hydrogens is 243 g/mol. The molecule has 2 bridgehead atoms. The van der Waals surface area contributed by atoms with Crippen LogP contribution in [0.15, 0.2) is 24.3 Å². The molecule has 2 aliphatic rings. The highest BCUT2D eigenvalue weighted by Crippen LogP contribution is 2.48. The Hall–Kier alpha value is -1.42. The Labute approximate surface area is 112 Å². The predicted octanol–water partition coefficient (Wildman–Crippen LogP) is 2.16. The van der Waals surface area contributed by atoms with Crippen molar-refractivity contribution in [3.63, 3.8) is 0 Å². The first-order valence-electron chi connectivity index (χ1n) is 6.87. The third-order valence-corrected chi connectivity index (χ3v) is 4.81. The minimum atomic E-state index is -0.366. The third kappa shape index (κ3) is 1.94. The van der Waals surface area contributed by atoms with Gasteiger partial charge in [-0.1, -0.05) is 12.1 Å². The van der Waals surface area contributed by atoms with Crippen molar-refractivity contribution in [2.45, 2.75) is 25.3 Å². The number of nitrogens with two attached hydrogens (primary N) is 1. The largest absolute Gasteiger partial charge is 0.327 e. The van der Waals surface area contributed by atoms with Crippen molar-refractivity contribution < 1.29 is 9.18 Å². The summed E-state index contributed by atoms with van der Waals surface area (Å²) in [5.41, 5.74) is 6.51. The molecule has 4 unspecified atom stereocenters. The Morgan fingerprint density at radius 3 is 2.63 bits per heavy atom. The van der Waals surface area contributed by atoms with Gasteiger partial charge >= 0.3 is 0 Å². The number of halogens is 1. The van der Waals surface area contributed by atoms with Crippen LogP contribution >= 0.6 is 0 Å². The number of nitrogens with zero attached hydrogens (tertiary/aromatic N) is 1. The van der Waals surface area contributed by atoms with Crippen molar-refractivity contribution in [1.29, 1.82) is 0 Å². The van der Waals surface area contributed by atoms with Crippen LogP contribution in [0.4, 0.5) is 10.1 Å². The number of carbonyl (C=O) groups is 1. The molecule has 1 aromatic carbocycles. The fourth-order valence-corrected chi connectivity index (χ4v) is 3.77. The van der Waals surface area contributed by atoms with Crippen molar-refractivity contribution in [1.82, 2.24) is 0 Å². The lowest BCUT2D eigenvalue weighted by molar-refractivity contribution is -0.124. The monoisotopic (exact) mass is 262 g/mol. The van der Waals surface area contributed by atoms with Gasteiger partial charge in [-0.15, -0.1) is 0 Å². The first kappa shape index (κ1) is 12.6. The van der Waals surface area contributed by atoms with Gasteiger partial charge in [-0.2, -0.15) is 0 Å². The minimum absolute atomic E-state index is 0.0372. The SMILES string of the molecule is CN(C(=O)C1C2CCC(C2)C1N)c1ccccc1F. The summed E-state index contributed by atoms with van der Waals surface area (Å²) in [5, 5.41) is 0. The van der Waals surface area contributed by atoms with Crippen LogP contribution in [0.3, 0.4) is 0 Å². The summed E-state index contributed by atoms with van der Waals surface area (Å²) in [6.07, 6.45) is 3.28. The number of carbonyl (C=O) groups excluding carboxylic acids is 1. The van der Waals surface area contributed by atoms with Crippen LogP contribution in [0.1, 0.15) is 19.3 Å². The van der Waals surface area contributed by atoms with Gasteiger partial charge in [-0.25, -0.2) is 4.39 Å². The van der Waals surface area contributed by atoms with Crippen LogP contribution in [-0.4, -0.2) is 19.0 Å². The molecule has 2 aliphatic carbocycles. The fraction of sp³-hybridized carbons (Fsp3) is 0.533. The molecule has 0 spiro atoms. The second kappa shape index (κ2) is 4.60. The summed E-state index contributed by atoms with van der Waals surface area (Å²) in [6, 6.07) is 6.32. The molecule has 3 nitrogen and oxygen atoms in total. The van der Waals surface area contributed by atoms with E-state index in [1.54, 1.807) is 25.2 Å². The van der Waals surface area contributed by atoms with E-state index in [-0.39, 0.29) is 23.7 Å². The molecule has 0 saturated heterocycles. The van der Waals surface area contributed by atoms with E-state index in [2.05, 4.69) is 0 Å². The number of benzene rings is 1. The van der Waals surface area contributed by atoms with Gasteiger partial charge in [0.15, 0.2) is 0 Å². The summed E-state index contributed by atoms with van der Waals surface area (Å²) in [4.78, 5) is 14.0. The zero-order valence-corrected chi connectivity index (χ0v) is 11.1. The summed E-state index contributed by atoms with van der Waals surface area (Å²) in [6.45, 7) is 0. The number of amides is 1. The van der Waals surface area contributed by atoms with Crippen LogP contribution in [-0.2, 0) is 4.79 Å². The first-order valence-corrected chi connectivity index (χ1v) is 6.87. The molecule has 0 heterocycles. The molecule has 1 aromatic rings. The van der Waals surface area contributed by atoms with Gasteiger partial charge in [0, 0.05) is 13.1 Å². The highest BCUT2D eigenvalue weighted by atomic mass is 19.1. The van der Waals surface area contributed by atoms with Crippen LogP contribution in [0.5, 0.6) is 0 Å². The molecular formula is C15H19FN2O. The second-order valence-corrected chi connectivity index (χ2v) is 5.79. The Balaban J connectivity index is 1.83. The summed E-state index contributed by atoms with van der Waals surface area (Å²) >= 11 is 0. The summed E-state index contributed by atoms with van der Waals surface area (Å²) < 4.78 is 13.7. The lowest BCUT2D eigenvalue weighted by Crippen LogP contribution is -2.46. The molecule has 0 aliphatic heterocycles. The highest BCUT2D eigenvalue weighted by Gasteiger charge is 2.50. The van der Waals surface area contributed by atoms with Crippen molar-refractivity contribution in [3.05, 3.63) is 30.1 Å². The van der Waals surface area contributed by atoms with E-state index in [0.29, 0.717) is 17.5 Å². The molecule has 2 N–H and O–H groups in total. The van der Waals surface area contributed by atoms with Gasteiger partial charge in [0.2, 0.25) is 5.91 Å². The average Bonchev–Trinajstić information content (AvgIpc) is 2.98. The van der Waals surface area contributed by atoms with Crippen molar-refractivity contribution in [2.24, 2.45) is 23.5 Å². The number of hydrogen-bond donors (Lipinski definition) is 1. The van der Waals surface area contributed by atoms with Gasteiger partial charge in [0.05, 0.1) is 11.6 Å². The number of rotatable bonds is 2. The maximum Gasteiger partial charge on any atom is 0.231 e. The van der Waals surface area contributed by atoms with Crippen LogP contribution < -0.4 is 10.6 Å². The quantitative estimate of drug-likeness (QED) is 0.887. The molecule has 0 aromatic heterocycles. The zero-order valence-electron chi connectivity index (χ0n) is 11.1. The second-order valence-electron chi connectivity index (χ2n) is 5.79. The number of anilines is 1. The highest BCUT2D eigenvalue weighted by molar-refractivity contribution is 5.95. The fourth-order valence-electron chi connectivity index (χ4n) is 3.77. The van der Waals surface area contributed by atoms with Crippen LogP contribution in [0.2, 0.25) is 0 Å². The van der Waals surface area contributed by atoms with Crippen molar-refractivity contribution >= 4 is 11.6 Å². The van der Waals surface area contributed by atoms with E-state index in [4.69, 9.17) is 5.73 Å². The number of hydrogen-bond acceptors (Lipinski definition) is 2. The molecule has 4 atom stereocenters. The van der Waals surface area contributed by atoms with Crippen LogP contribution in [0.25, 0.3) is 0 Å². The zero-order chi connectivity index (χ0) is 13.6. The lowest BCUT2D eigenvalue weighted by atomic mass is 9.84. The standard InChI is InChI=1S/C15H19FN2O/c1-18(12-5-3-2-4-11(12)16)15(19)13-9-6-7-10(8-9)14(13)17/h2-5,9-10,13-14H,6-8,17H2,1H3. The van der Waals surface area contributed by atoms with Crippen molar-refractivity contribution in [3.8, 4) is 0 Å². The Bertz CT molecular complexity index is 503. The predicted molar refractivity (Wildman–Crippen MR) is 72.1 cm³/mol. The molecule has 2 saturated carbocycles. The maximum absolute atomic E-state index is 13.7. The topological polar surface area (TPSA) is 46.3 Å². The lowest BCUT2D eigenvalue weighted by Gasteiger charge is -2.30. The Morgan fingerprint density at radius 2 is 2.00 bits per heavy atom. The van der Waals surface area contributed by atoms with E-state index in [0.717, 1.165) is 19.3 Å². The first-order chi connectivity index (χ1) is 9.09. The Morgan fingerprint density at radius 1 is 1.32 bits per heavy atom. The van der Waals surface area contributed by atoms with Gasteiger partial charge in [0.25, 0.3) is 0 Å². The van der Waals surface area contributed by atoms with E-state index in [9.17, 15) is 9.18 Å². The van der Waals surface area contributed by atoms with E-state index in [1.165, 1.54) is 11.0 Å². The van der Waals surface area contributed by atoms with Gasteiger partial charge in [0.1, 0.15) is 5.82 Å². The average molecular weight is 262 g/mol. The molecule has 2 fully saturated rings. The molecule has 19 heavy (non-hydrogen) atoms. The maximum atomic E-state index is 13.7. The molecule has 1 amide bonds. The van der Waals surface area contributed by atoms with Gasteiger partial charge in [-0.05, 0) is 43.2 Å². The van der Waals surface area contributed by atoms with E-state index in [1.807, 2.05) is 0 Å². The summed E-state index contributed by atoms with van der Waals surface area (Å²) in [5.74, 6) is 0.331. The molecule has 4 heteroatoms. The third-order valence-electron chi connectivity index (χ3n) is 4.81. The number of fused-ring (bicyclic) bond motifs is 2.